The van der Waals surface area contributed by atoms with Crippen LogP contribution in [0, 0.1) is 29.6 Å². The van der Waals surface area contributed by atoms with Crippen molar-refractivity contribution < 1.29 is 4.79 Å². The van der Waals surface area contributed by atoms with E-state index in [0.29, 0.717) is 24.0 Å². The number of likely N-dealkylation sites (tertiary alicyclic amines) is 1. The van der Waals surface area contributed by atoms with Gasteiger partial charge < -0.3 is 15.5 Å². The first-order valence-corrected chi connectivity index (χ1v) is 13.5. The van der Waals surface area contributed by atoms with Gasteiger partial charge in [-0.3, -0.25) is 15.6 Å². The lowest BCUT2D eigenvalue weighted by molar-refractivity contribution is -0.130. The van der Waals surface area contributed by atoms with E-state index < -0.39 is 0 Å². The quantitative estimate of drug-likeness (QED) is 0.553. The normalized spacial score (nSPS) is 48.5. The Morgan fingerprint density at radius 2 is 1.68 bits per heavy atom. The van der Waals surface area contributed by atoms with Crippen LogP contribution in [-0.2, 0) is 4.79 Å². The molecule has 0 aromatic carbocycles. The molecule has 6 fully saturated rings. The van der Waals surface area contributed by atoms with E-state index in [1.807, 2.05) is 0 Å². The molecule has 6 heteroatoms. The predicted octanol–water partition coefficient (Wildman–Crippen LogP) is 2.02. The van der Waals surface area contributed by atoms with E-state index >= 15 is 0 Å². The first-order chi connectivity index (χ1) is 15.3. The van der Waals surface area contributed by atoms with Crippen LogP contribution in [0.3, 0.4) is 0 Å². The van der Waals surface area contributed by atoms with E-state index in [-0.39, 0.29) is 0 Å². The first kappa shape index (κ1) is 20.9. The Bertz CT molecular complexity index is 644. The number of fused-ring (bicyclic) bond motifs is 3. The zero-order chi connectivity index (χ0) is 20.8. The lowest BCUT2D eigenvalue weighted by Gasteiger charge is -2.50. The molecule has 0 aromatic rings. The Labute approximate surface area is 188 Å². The van der Waals surface area contributed by atoms with Gasteiger partial charge in [-0.1, -0.05) is 0 Å². The van der Waals surface area contributed by atoms with E-state index in [1.54, 1.807) is 0 Å². The summed E-state index contributed by atoms with van der Waals surface area (Å²) in [5, 5.41) is 7.60. The van der Waals surface area contributed by atoms with E-state index in [0.717, 1.165) is 61.6 Å². The molecule has 4 N–H and O–H groups in total. The highest BCUT2D eigenvalue weighted by Gasteiger charge is 2.51. The smallest absolute Gasteiger partial charge is 0.222 e. The zero-order valence-electron chi connectivity index (χ0n) is 19.2. The predicted molar refractivity (Wildman–Crippen MR) is 122 cm³/mol. The SMILES string of the molecule is O=C1CCCN1C1CCC(C2NNC3CNC4CCC(C5CCCNC5)CC4C32)CC1. The molecular formula is C25H43N5O. The van der Waals surface area contributed by atoms with E-state index in [9.17, 15) is 4.79 Å². The fourth-order valence-corrected chi connectivity index (χ4v) is 8.56. The molecule has 0 radical (unpaired) electrons. The molecule has 6 nitrogen and oxygen atoms in total. The van der Waals surface area contributed by atoms with Gasteiger partial charge in [0, 0.05) is 43.7 Å². The van der Waals surface area contributed by atoms with Crippen LogP contribution in [-0.4, -0.2) is 61.2 Å². The fourth-order valence-electron chi connectivity index (χ4n) is 8.56. The van der Waals surface area contributed by atoms with Crippen LogP contribution in [0.2, 0.25) is 0 Å². The molecule has 6 aliphatic rings. The highest BCUT2D eigenvalue weighted by molar-refractivity contribution is 5.78. The number of amides is 1. The monoisotopic (exact) mass is 429 g/mol. The number of carbonyl (C=O) groups excluding carboxylic acids is 1. The van der Waals surface area contributed by atoms with Crippen LogP contribution < -0.4 is 21.5 Å². The van der Waals surface area contributed by atoms with Gasteiger partial charge in [-0.25, -0.2) is 0 Å². The van der Waals surface area contributed by atoms with Crippen LogP contribution in [0.4, 0.5) is 0 Å². The number of carbonyl (C=O) groups is 1. The highest BCUT2D eigenvalue weighted by Crippen LogP contribution is 2.46. The minimum Gasteiger partial charge on any atom is -0.340 e. The molecule has 0 bridgehead atoms. The third-order valence-electron chi connectivity index (χ3n) is 10.2. The summed E-state index contributed by atoms with van der Waals surface area (Å²) in [4.78, 5) is 14.4. The Morgan fingerprint density at radius 1 is 0.806 bits per heavy atom. The maximum absolute atomic E-state index is 12.2. The molecule has 0 aromatic heterocycles. The van der Waals surface area contributed by atoms with Crippen molar-refractivity contribution in [2.24, 2.45) is 29.6 Å². The number of hydrogen-bond acceptors (Lipinski definition) is 5. The molecule has 7 atom stereocenters. The summed E-state index contributed by atoms with van der Waals surface area (Å²) in [6, 6.07) is 2.47. The van der Waals surface area contributed by atoms with Crippen molar-refractivity contribution in [2.75, 3.05) is 26.2 Å². The topological polar surface area (TPSA) is 68.4 Å². The second-order valence-corrected chi connectivity index (χ2v) is 11.6. The summed E-state index contributed by atoms with van der Waals surface area (Å²) in [6.45, 7) is 4.61. The molecular weight excluding hydrogens is 386 g/mol. The Morgan fingerprint density at radius 3 is 2.45 bits per heavy atom. The zero-order valence-corrected chi connectivity index (χ0v) is 19.2. The van der Waals surface area contributed by atoms with Gasteiger partial charge in [-0.15, -0.1) is 0 Å². The largest absolute Gasteiger partial charge is 0.340 e. The highest BCUT2D eigenvalue weighted by atomic mass is 16.2. The standard InChI is InChI=1S/C25H43N5O/c31-23-4-2-12-30(23)19-8-5-16(6-9-19)25-24-20-13-17(18-3-1-11-26-14-18)7-10-21(20)27-15-22(24)28-29-25/h16-22,24-29H,1-15H2. The van der Waals surface area contributed by atoms with Gasteiger partial charge in [0.25, 0.3) is 0 Å². The number of rotatable bonds is 3. The van der Waals surface area contributed by atoms with Gasteiger partial charge in [0.05, 0.1) is 0 Å². The number of piperidine rings is 2. The van der Waals surface area contributed by atoms with Crippen molar-refractivity contribution in [3.63, 3.8) is 0 Å². The molecule has 31 heavy (non-hydrogen) atoms. The van der Waals surface area contributed by atoms with Gasteiger partial charge in [-0.05, 0) is 107 Å². The minimum absolute atomic E-state index is 0.413. The average molecular weight is 430 g/mol. The molecule has 7 unspecified atom stereocenters. The van der Waals surface area contributed by atoms with Crippen molar-refractivity contribution in [2.45, 2.75) is 94.8 Å². The van der Waals surface area contributed by atoms with Crippen molar-refractivity contribution in [1.82, 2.24) is 26.4 Å². The number of nitrogens with one attached hydrogen (secondary N) is 4. The second kappa shape index (κ2) is 8.92. The maximum atomic E-state index is 12.2. The van der Waals surface area contributed by atoms with Gasteiger partial charge >= 0.3 is 0 Å². The Kier molecular flexibility index (Phi) is 6.01. The van der Waals surface area contributed by atoms with Crippen molar-refractivity contribution in [3.05, 3.63) is 0 Å². The molecule has 4 heterocycles. The van der Waals surface area contributed by atoms with Gasteiger partial charge in [-0.2, -0.15) is 0 Å². The number of hydrazine groups is 1. The summed E-state index contributed by atoms with van der Waals surface area (Å²) < 4.78 is 0. The second-order valence-electron chi connectivity index (χ2n) is 11.6. The molecule has 6 rings (SSSR count). The van der Waals surface area contributed by atoms with Gasteiger partial charge in [0.15, 0.2) is 0 Å². The van der Waals surface area contributed by atoms with Crippen LogP contribution in [0.15, 0.2) is 0 Å². The van der Waals surface area contributed by atoms with Crippen molar-refractivity contribution in [1.29, 1.82) is 0 Å². The minimum atomic E-state index is 0.413. The molecule has 174 valence electrons. The number of hydrogen-bond donors (Lipinski definition) is 4. The lowest BCUT2D eigenvalue weighted by atomic mass is 9.61. The first-order valence-electron chi connectivity index (χ1n) is 13.5. The summed E-state index contributed by atoms with van der Waals surface area (Å²) in [7, 11) is 0. The van der Waals surface area contributed by atoms with E-state index in [1.165, 1.54) is 70.9 Å². The van der Waals surface area contributed by atoms with Crippen LogP contribution in [0.5, 0.6) is 0 Å². The molecule has 4 saturated heterocycles. The van der Waals surface area contributed by atoms with Crippen molar-refractivity contribution in [3.8, 4) is 0 Å². The third-order valence-corrected chi connectivity index (χ3v) is 10.2. The summed E-state index contributed by atoms with van der Waals surface area (Å²) >= 11 is 0. The fraction of sp³-hybridized carbons (Fsp3) is 0.960. The lowest BCUT2D eigenvalue weighted by Crippen LogP contribution is -2.59. The summed E-state index contributed by atoms with van der Waals surface area (Å²) in [5.41, 5.74) is 7.52. The van der Waals surface area contributed by atoms with Gasteiger partial charge in [0.2, 0.25) is 5.91 Å². The van der Waals surface area contributed by atoms with Crippen LogP contribution >= 0.6 is 0 Å². The van der Waals surface area contributed by atoms with Crippen LogP contribution in [0.1, 0.15) is 70.6 Å². The molecule has 4 aliphatic heterocycles. The third kappa shape index (κ3) is 3.96. The maximum Gasteiger partial charge on any atom is 0.222 e. The Balaban J connectivity index is 1.12. The molecule has 2 saturated carbocycles. The van der Waals surface area contributed by atoms with Crippen molar-refractivity contribution >= 4 is 5.91 Å². The van der Waals surface area contributed by atoms with E-state index in [2.05, 4.69) is 26.4 Å². The van der Waals surface area contributed by atoms with Gasteiger partial charge in [0.1, 0.15) is 0 Å². The van der Waals surface area contributed by atoms with E-state index in [4.69, 9.17) is 0 Å². The molecule has 2 aliphatic carbocycles. The summed E-state index contributed by atoms with van der Waals surface area (Å²) in [6.07, 6.45) is 13.9. The molecule has 0 spiro atoms. The average Bonchev–Trinajstić information content (AvgIpc) is 3.46. The summed E-state index contributed by atoms with van der Waals surface area (Å²) in [5.74, 6) is 4.62. The Hall–Kier alpha value is -0.690. The molecule has 1 amide bonds. The van der Waals surface area contributed by atoms with Crippen LogP contribution in [0.25, 0.3) is 0 Å². The number of nitrogens with zero attached hydrogens (tertiary/aromatic N) is 1.